The van der Waals surface area contributed by atoms with Gasteiger partial charge in [0.15, 0.2) is 9.84 Å². The molecule has 1 unspecified atom stereocenters. The monoisotopic (exact) mass is 382 g/mol. The molecule has 0 heterocycles. The van der Waals surface area contributed by atoms with Crippen LogP contribution in [-0.4, -0.2) is 19.5 Å². The zero-order valence-electron chi connectivity index (χ0n) is 9.70. The minimum atomic E-state index is -3.14. The summed E-state index contributed by atoms with van der Waals surface area (Å²) >= 11 is 6.66. The highest BCUT2D eigenvalue weighted by molar-refractivity contribution is 9.10. The van der Waals surface area contributed by atoms with Crippen LogP contribution in [0, 0.1) is 5.92 Å². The summed E-state index contributed by atoms with van der Waals surface area (Å²) in [6, 6.07) is 6.88. The first-order valence-electron chi connectivity index (χ1n) is 5.50. The summed E-state index contributed by atoms with van der Waals surface area (Å²) in [5.41, 5.74) is 0. The lowest BCUT2D eigenvalue weighted by Crippen LogP contribution is -2.10. The normalized spacial score (nSPS) is 13.6. The van der Waals surface area contributed by atoms with Crippen LogP contribution < -0.4 is 0 Å². The summed E-state index contributed by atoms with van der Waals surface area (Å²) in [5.74, 6) is 0.647. The maximum Gasteiger partial charge on any atom is 0.178 e. The van der Waals surface area contributed by atoms with Gasteiger partial charge in [-0.1, -0.05) is 44.8 Å². The Hall–Kier alpha value is 0.130. The van der Waals surface area contributed by atoms with E-state index in [1.165, 1.54) is 0 Å². The van der Waals surface area contributed by atoms with Gasteiger partial charge in [-0.25, -0.2) is 8.42 Å². The minimum absolute atomic E-state index is 0.220. The van der Waals surface area contributed by atoms with Crippen LogP contribution in [0.3, 0.4) is 0 Å². The van der Waals surface area contributed by atoms with E-state index in [0.29, 0.717) is 17.2 Å². The summed E-state index contributed by atoms with van der Waals surface area (Å²) in [7, 11) is -3.14. The number of sulfone groups is 1. The quantitative estimate of drug-likeness (QED) is 0.694. The van der Waals surface area contributed by atoms with Gasteiger partial charge >= 0.3 is 0 Å². The van der Waals surface area contributed by atoms with Gasteiger partial charge in [0.1, 0.15) is 0 Å². The van der Waals surface area contributed by atoms with Crippen LogP contribution in [0.1, 0.15) is 19.8 Å². The van der Waals surface area contributed by atoms with Crippen LogP contribution >= 0.6 is 31.9 Å². The summed E-state index contributed by atoms with van der Waals surface area (Å²) in [6.45, 7) is 2.08. The first-order chi connectivity index (χ1) is 7.95. The Kier molecular flexibility index (Phi) is 6.17. The zero-order valence-corrected chi connectivity index (χ0v) is 13.7. The van der Waals surface area contributed by atoms with Gasteiger partial charge in [0, 0.05) is 9.80 Å². The lowest BCUT2D eigenvalue weighted by molar-refractivity contribution is 0.536. The molecule has 0 aliphatic rings. The van der Waals surface area contributed by atoms with Crippen molar-refractivity contribution in [2.45, 2.75) is 24.7 Å². The molecule has 2 nitrogen and oxygen atoms in total. The van der Waals surface area contributed by atoms with E-state index in [1.54, 1.807) is 18.2 Å². The standard InChI is InChI=1S/C12H16Br2O2S/c1-10(5-7-13)6-8-17(15,16)12-4-2-3-11(14)9-12/h2-4,9-10H,5-8H2,1H3. The highest BCUT2D eigenvalue weighted by atomic mass is 79.9. The highest BCUT2D eigenvalue weighted by Crippen LogP contribution is 2.19. The average Bonchev–Trinajstić information content (AvgIpc) is 2.27. The van der Waals surface area contributed by atoms with Crippen LogP contribution in [-0.2, 0) is 9.84 Å². The fourth-order valence-corrected chi connectivity index (χ4v) is 4.34. The molecule has 17 heavy (non-hydrogen) atoms. The second-order valence-corrected chi connectivity index (χ2v) is 7.97. The summed E-state index contributed by atoms with van der Waals surface area (Å²) in [4.78, 5) is 0.401. The van der Waals surface area contributed by atoms with E-state index < -0.39 is 9.84 Å². The summed E-state index contributed by atoms with van der Waals surface area (Å²) in [5, 5.41) is 0.922. The molecule has 0 spiro atoms. The van der Waals surface area contributed by atoms with Gasteiger partial charge in [-0.3, -0.25) is 0 Å². The third-order valence-electron chi connectivity index (χ3n) is 2.64. The topological polar surface area (TPSA) is 34.1 Å². The second kappa shape index (κ2) is 6.90. The predicted octanol–water partition coefficient (Wildman–Crippen LogP) is 4.03. The van der Waals surface area contributed by atoms with Crippen molar-refractivity contribution in [1.82, 2.24) is 0 Å². The molecular weight excluding hydrogens is 368 g/mol. The first-order valence-corrected chi connectivity index (χ1v) is 9.06. The summed E-state index contributed by atoms with van der Waals surface area (Å²) < 4.78 is 24.9. The third kappa shape index (κ3) is 5.10. The maximum atomic E-state index is 12.1. The van der Waals surface area contributed by atoms with Crippen LogP contribution in [0.15, 0.2) is 33.6 Å². The number of benzene rings is 1. The smallest absolute Gasteiger partial charge is 0.178 e. The fraction of sp³-hybridized carbons (Fsp3) is 0.500. The van der Waals surface area contributed by atoms with Gasteiger partial charge in [0.2, 0.25) is 0 Å². The molecule has 96 valence electrons. The van der Waals surface area contributed by atoms with Crippen molar-refractivity contribution in [3.05, 3.63) is 28.7 Å². The van der Waals surface area contributed by atoms with Crippen molar-refractivity contribution < 1.29 is 8.42 Å². The Morgan fingerprint density at radius 1 is 1.29 bits per heavy atom. The van der Waals surface area contributed by atoms with E-state index in [2.05, 4.69) is 38.8 Å². The van der Waals surface area contributed by atoms with Crippen molar-refractivity contribution in [3.63, 3.8) is 0 Å². The van der Waals surface area contributed by atoms with Crippen molar-refractivity contribution in [2.75, 3.05) is 11.1 Å². The van der Waals surface area contributed by atoms with Gasteiger partial charge in [0.25, 0.3) is 0 Å². The molecule has 0 bridgehead atoms. The van der Waals surface area contributed by atoms with E-state index in [-0.39, 0.29) is 5.75 Å². The maximum absolute atomic E-state index is 12.1. The molecule has 0 aliphatic carbocycles. The van der Waals surface area contributed by atoms with Crippen molar-refractivity contribution >= 4 is 41.7 Å². The summed E-state index contributed by atoms with van der Waals surface area (Å²) in [6.07, 6.45) is 1.72. The fourth-order valence-electron chi connectivity index (χ4n) is 1.47. The van der Waals surface area contributed by atoms with Crippen LogP contribution in [0.5, 0.6) is 0 Å². The van der Waals surface area contributed by atoms with E-state index in [0.717, 1.165) is 16.2 Å². The van der Waals surface area contributed by atoms with Crippen LogP contribution in [0.4, 0.5) is 0 Å². The predicted molar refractivity (Wildman–Crippen MR) is 78.4 cm³/mol. The van der Waals surface area contributed by atoms with Gasteiger partial charge in [-0.05, 0) is 37.0 Å². The molecule has 0 aliphatic heterocycles. The van der Waals surface area contributed by atoms with Crippen molar-refractivity contribution in [1.29, 1.82) is 0 Å². The Morgan fingerprint density at radius 2 is 2.00 bits per heavy atom. The number of alkyl halides is 1. The molecule has 5 heteroatoms. The first kappa shape index (κ1) is 15.2. The number of halogens is 2. The lowest BCUT2D eigenvalue weighted by atomic mass is 10.1. The van der Waals surface area contributed by atoms with Gasteiger partial charge in [-0.15, -0.1) is 0 Å². The molecule has 0 radical (unpaired) electrons. The molecule has 0 fully saturated rings. The molecule has 0 saturated carbocycles. The second-order valence-electron chi connectivity index (χ2n) is 4.15. The molecule has 1 aromatic rings. The molecule has 1 rings (SSSR count). The highest BCUT2D eigenvalue weighted by Gasteiger charge is 2.16. The SMILES string of the molecule is CC(CCBr)CCS(=O)(=O)c1cccc(Br)c1. The van der Waals surface area contributed by atoms with E-state index in [9.17, 15) is 8.42 Å². The molecule has 1 aromatic carbocycles. The Morgan fingerprint density at radius 3 is 2.59 bits per heavy atom. The molecule has 0 amide bonds. The van der Waals surface area contributed by atoms with E-state index in [4.69, 9.17) is 0 Å². The van der Waals surface area contributed by atoms with Crippen molar-refractivity contribution in [2.24, 2.45) is 5.92 Å². The molecule has 0 aromatic heterocycles. The Bertz CT molecular complexity index is 457. The van der Waals surface area contributed by atoms with Gasteiger partial charge in [-0.2, -0.15) is 0 Å². The van der Waals surface area contributed by atoms with Crippen LogP contribution in [0.25, 0.3) is 0 Å². The minimum Gasteiger partial charge on any atom is -0.224 e. The molecule has 0 saturated heterocycles. The zero-order chi connectivity index (χ0) is 12.9. The largest absolute Gasteiger partial charge is 0.224 e. The van der Waals surface area contributed by atoms with E-state index in [1.807, 2.05) is 6.07 Å². The number of rotatable bonds is 6. The molecule has 1 atom stereocenters. The average molecular weight is 384 g/mol. The molecule has 0 N–H and O–H groups in total. The Balaban J connectivity index is 2.69. The van der Waals surface area contributed by atoms with Gasteiger partial charge in [0.05, 0.1) is 10.6 Å². The molecular formula is C12H16Br2O2S. The third-order valence-corrected chi connectivity index (χ3v) is 5.33. The number of hydrogen-bond acceptors (Lipinski definition) is 2. The van der Waals surface area contributed by atoms with Crippen LogP contribution in [0.2, 0.25) is 0 Å². The van der Waals surface area contributed by atoms with Crippen molar-refractivity contribution in [3.8, 4) is 0 Å². The Labute approximate surface area is 120 Å². The van der Waals surface area contributed by atoms with Gasteiger partial charge < -0.3 is 0 Å². The lowest BCUT2D eigenvalue weighted by Gasteiger charge is -2.10. The number of hydrogen-bond donors (Lipinski definition) is 0. The van der Waals surface area contributed by atoms with E-state index >= 15 is 0 Å².